The van der Waals surface area contributed by atoms with Gasteiger partial charge in [0.25, 0.3) is 0 Å². The van der Waals surface area contributed by atoms with Crippen LogP contribution < -0.4 is 19.5 Å². The van der Waals surface area contributed by atoms with Crippen LogP contribution in [0.3, 0.4) is 0 Å². The topological polar surface area (TPSA) is 129 Å². The molecule has 1 amide bonds. The molecule has 42 heavy (non-hydrogen) atoms. The molecule has 13 heteroatoms. The van der Waals surface area contributed by atoms with Crippen molar-refractivity contribution in [3.63, 3.8) is 0 Å². The Hall–Kier alpha value is -5.59. The molecule has 0 aliphatic carbocycles. The van der Waals surface area contributed by atoms with Crippen molar-refractivity contribution in [3.05, 3.63) is 85.5 Å². The van der Waals surface area contributed by atoms with Gasteiger partial charge in [0.15, 0.2) is 11.5 Å². The van der Waals surface area contributed by atoms with Gasteiger partial charge in [0.1, 0.15) is 36.1 Å². The van der Waals surface area contributed by atoms with Crippen LogP contribution in [-0.2, 0) is 4.79 Å². The third-order valence-corrected chi connectivity index (χ3v) is 6.58. The summed E-state index contributed by atoms with van der Waals surface area (Å²) in [6, 6.07) is 11.6. The lowest BCUT2D eigenvalue weighted by Crippen LogP contribution is -2.55. The summed E-state index contributed by atoms with van der Waals surface area (Å²) in [5.41, 5.74) is 2.34. The summed E-state index contributed by atoms with van der Waals surface area (Å²) in [5.74, 6) is 0.788. The molecule has 3 aromatic heterocycles. The number of ether oxygens (including phenoxy) is 3. The lowest BCUT2D eigenvalue weighted by Gasteiger charge is -2.38. The second kappa shape index (κ2) is 11.1. The monoisotopic (exact) mass is 568 g/mol. The van der Waals surface area contributed by atoms with E-state index >= 15 is 4.39 Å². The van der Waals surface area contributed by atoms with Crippen molar-refractivity contribution in [1.29, 1.82) is 0 Å². The largest absolute Gasteiger partial charge is 0.493 e. The van der Waals surface area contributed by atoms with Crippen LogP contribution in [0, 0.1) is 12.7 Å². The molecule has 1 N–H and O–H groups in total. The molecule has 0 unspecified atom stereocenters. The van der Waals surface area contributed by atoms with Crippen LogP contribution in [0.15, 0.2) is 74.0 Å². The zero-order valence-electron chi connectivity index (χ0n) is 22.7. The van der Waals surface area contributed by atoms with Crippen molar-refractivity contribution in [2.24, 2.45) is 0 Å². The van der Waals surface area contributed by atoms with Gasteiger partial charge in [-0.25, -0.2) is 19.0 Å². The summed E-state index contributed by atoms with van der Waals surface area (Å²) in [5, 5.41) is 7.89. The number of hydrogen-bond acceptors (Lipinski definition) is 10. The molecular weight excluding hydrogens is 543 g/mol. The number of rotatable bonds is 9. The summed E-state index contributed by atoms with van der Waals surface area (Å²) in [6.45, 7) is 6.26. The van der Waals surface area contributed by atoms with Gasteiger partial charge in [-0.15, -0.1) is 5.10 Å². The molecule has 1 fully saturated rings. The number of nitrogens with zero attached hydrogens (tertiary/aromatic N) is 7. The minimum Gasteiger partial charge on any atom is -0.493 e. The van der Waals surface area contributed by atoms with Gasteiger partial charge in [0, 0.05) is 23.2 Å². The van der Waals surface area contributed by atoms with E-state index < -0.39 is 5.82 Å². The highest BCUT2D eigenvalue weighted by molar-refractivity contribution is 5.93. The van der Waals surface area contributed by atoms with E-state index in [1.165, 1.54) is 42.7 Å². The van der Waals surface area contributed by atoms with E-state index in [1.54, 1.807) is 29.3 Å². The molecule has 0 bridgehead atoms. The zero-order chi connectivity index (χ0) is 29.2. The number of fused-ring (bicyclic) bond motifs is 1. The van der Waals surface area contributed by atoms with E-state index in [0.29, 0.717) is 41.3 Å². The zero-order valence-corrected chi connectivity index (χ0v) is 22.7. The highest BCUT2D eigenvalue weighted by Crippen LogP contribution is 2.36. The summed E-state index contributed by atoms with van der Waals surface area (Å²) in [6.07, 6.45) is 5.60. The summed E-state index contributed by atoms with van der Waals surface area (Å²) >= 11 is 0. The number of carbonyl (C=O) groups excluding carboxylic acids is 1. The normalized spacial score (nSPS) is 13.0. The number of carbonyl (C=O) groups is 1. The number of aromatic nitrogens is 6. The number of pyridine rings is 1. The molecule has 0 radical (unpaired) electrons. The van der Waals surface area contributed by atoms with Crippen LogP contribution in [0.5, 0.6) is 23.3 Å². The fourth-order valence-electron chi connectivity index (χ4n) is 4.32. The first-order chi connectivity index (χ1) is 20.4. The lowest BCUT2D eigenvalue weighted by molar-refractivity contribution is -0.134. The number of hydrogen-bond donors (Lipinski definition) is 1. The lowest BCUT2D eigenvalue weighted by atomic mass is 10.1. The number of benzene rings is 2. The molecule has 4 heterocycles. The first-order valence-electron chi connectivity index (χ1n) is 12.9. The van der Waals surface area contributed by atoms with E-state index in [2.05, 4.69) is 36.9 Å². The number of aryl methyl sites for hydroxylation is 1. The van der Waals surface area contributed by atoms with Crippen molar-refractivity contribution in [2.75, 3.05) is 25.5 Å². The molecule has 1 aliphatic heterocycles. The van der Waals surface area contributed by atoms with Gasteiger partial charge in [-0.2, -0.15) is 4.98 Å². The van der Waals surface area contributed by atoms with Gasteiger partial charge >= 0.3 is 6.01 Å². The average molecular weight is 569 g/mol. The van der Waals surface area contributed by atoms with Crippen LogP contribution in [0.2, 0.25) is 0 Å². The molecule has 12 nitrogen and oxygen atoms in total. The molecule has 0 spiro atoms. The Bertz CT molecular complexity index is 1790. The molecule has 6 rings (SSSR count). The van der Waals surface area contributed by atoms with Crippen molar-refractivity contribution in [2.45, 2.75) is 13.0 Å². The third-order valence-electron chi connectivity index (χ3n) is 6.58. The van der Waals surface area contributed by atoms with Crippen LogP contribution in [-0.4, -0.2) is 66.8 Å². The Morgan fingerprint density at radius 1 is 1.10 bits per heavy atom. The average Bonchev–Trinajstić information content (AvgIpc) is 3.44. The van der Waals surface area contributed by atoms with Gasteiger partial charge in [0.05, 0.1) is 43.3 Å². The maximum Gasteiger partial charge on any atom is 0.341 e. The Labute approximate surface area is 239 Å². The predicted octanol–water partition coefficient (Wildman–Crippen LogP) is 4.37. The van der Waals surface area contributed by atoms with E-state index in [0.717, 1.165) is 11.4 Å². The second-order valence-corrected chi connectivity index (χ2v) is 9.43. The van der Waals surface area contributed by atoms with E-state index in [1.807, 2.05) is 19.1 Å². The van der Waals surface area contributed by atoms with Crippen molar-refractivity contribution >= 4 is 28.3 Å². The minimum absolute atomic E-state index is 0.0578. The highest BCUT2D eigenvalue weighted by Gasteiger charge is 2.31. The molecule has 212 valence electrons. The fraction of sp³-hybridized carbons (Fsp3) is 0.172. The van der Waals surface area contributed by atoms with Gasteiger partial charge in [-0.3, -0.25) is 9.78 Å². The number of nitrogens with one attached hydrogen (secondary N) is 1. The smallest absolute Gasteiger partial charge is 0.341 e. The standard InChI is InChI=1S/C29H25FN8O4/c1-4-27(39)37-13-20(14-37)41-26-10-21-24(11-25(26)40-3)32-15-33-28(21)35-23-8-7-19(9-22(23)30)42-29-34-16-38(36-29)18-6-5-17(2)31-12-18/h4-12,15-16,20H,1,13-14H2,2-3H3,(H,32,33,35). The summed E-state index contributed by atoms with van der Waals surface area (Å²) in [4.78, 5) is 30.4. The van der Waals surface area contributed by atoms with Gasteiger partial charge in [-0.05, 0) is 43.3 Å². The van der Waals surface area contributed by atoms with Gasteiger partial charge in [-0.1, -0.05) is 6.58 Å². The highest BCUT2D eigenvalue weighted by atomic mass is 19.1. The Morgan fingerprint density at radius 2 is 1.95 bits per heavy atom. The van der Waals surface area contributed by atoms with E-state index in [4.69, 9.17) is 14.2 Å². The SMILES string of the molecule is C=CC(=O)N1CC(Oc2cc3c(Nc4ccc(Oc5ncn(-c6ccc(C)nc6)n5)cc4F)ncnc3cc2OC)C1. The summed E-state index contributed by atoms with van der Waals surface area (Å²) < 4.78 is 34.0. The Balaban J connectivity index is 1.19. The Morgan fingerprint density at radius 3 is 2.69 bits per heavy atom. The number of halogens is 1. The van der Waals surface area contributed by atoms with E-state index in [-0.39, 0.29) is 29.5 Å². The van der Waals surface area contributed by atoms with Crippen molar-refractivity contribution in [3.8, 4) is 28.9 Å². The maximum absolute atomic E-state index is 15.2. The fourth-order valence-corrected chi connectivity index (χ4v) is 4.32. The summed E-state index contributed by atoms with van der Waals surface area (Å²) in [7, 11) is 1.53. The first-order valence-corrected chi connectivity index (χ1v) is 12.9. The number of amides is 1. The molecule has 2 aromatic carbocycles. The molecule has 1 aliphatic rings. The molecule has 1 saturated heterocycles. The molecule has 0 atom stereocenters. The maximum atomic E-state index is 15.2. The Kier molecular flexibility index (Phi) is 7.05. The first kappa shape index (κ1) is 26.6. The van der Waals surface area contributed by atoms with Crippen molar-refractivity contribution in [1.82, 2.24) is 34.6 Å². The number of anilines is 2. The van der Waals surface area contributed by atoms with Crippen molar-refractivity contribution < 1.29 is 23.4 Å². The number of likely N-dealkylation sites (tertiary alicyclic amines) is 1. The van der Waals surface area contributed by atoms with Gasteiger partial charge in [0.2, 0.25) is 5.91 Å². The van der Waals surface area contributed by atoms with E-state index in [9.17, 15) is 4.79 Å². The van der Waals surface area contributed by atoms with Gasteiger partial charge < -0.3 is 24.4 Å². The molecule has 0 saturated carbocycles. The molecule has 5 aromatic rings. The van der Waals surface area contributed by atoms with Crippen LogP contribution in [0.1, 0.15) is 5.69 Å². The molecular formula is C29H25FN8O4. The number of methoxy groups -OCH3 is 1. The van der Waals surface area contributed by atoms with Crippen LogP contribution in [0.4, 0.5) is 15.9 Å². The van der Waals surface area contributed by atoms with Crippen LogP contribution in [0.25, 0.3) is 16.6 Å². The second-order valence-electron chi connectivity index (χ2n) is 9.43. The minimum atomic E-state index is -0.576. The van der Waals surface area contributed by atoms with Crippen LogP contribution >= 0.6 is 0 Å². The predicted molar refractivity (Wildman–Crippen MR) is 151 cm³/mol. The third kappa shape index (κ3) is 5.39. The quantitative estimate of drug-likeness (QED) is 0.256.